The van der Waals surface area contributed by atoms with Crippen LogP contribution in [-0.4, -0.2) is 44.1 Å². The average molecular weight is 322 g/mol. The summed E-state index contributed by atoms with van der Waals surface area (Å²) in [5.74, 6) is 0.234. The third-order valence-electron chi connectivity index (χ3n) is 5.19. The lowest BCUT2D eigenvalue weighted by molar-refractivity contribution is 0.110. The Morgan fingerprint density at radius 1 is 1.18 bits per heavy atom. The molecule has 124 valence electrons. The van der Waals surface area contributed by atoms with Crippen molar-refractivity contribution in [1.29, 1.82) is 0 Å². The van der Waals surface area contributed by atoms with Gasteiger partial charge in [0.25, 0.3) is 0 Å². The van der Waals surface area contributed by atoms with Crippen LogP contribution in [0.15, 0.2) is 30.3 Å². The highest BCUT2D eigenvalue weighted by molar-refractivity contribution is 6.74. The van der Waals surface area contributed by atoms with Crippen molar-refractivity contribution in [2.45, 2.75) is 51.6 Å². The zero-order valence-corrected chi connectivity index (χ0v) is 15.7. The van der Waals surface area contributed by atoms with E-state index in [1.54, 1.807) is 0 Å². The average Bonchev–Trinajstić information content (AvgIpc) is 2.79. The molecule has 1 aromatic rings. The summed E-state index contributed by atoms with van der Waals surface area (Å²) in [7, 11) is -1.79. The SMILES string of the molecule is CC(C)(C)[Si](C)(C)O[C@H]1CN(Cc2ccccc2)C[C@H]1CO. The molecule has 1 aliphatic rings. The van der Waals surface area contributed by atoms with Gasteiger partial charge < -0.3 is 9.53 Å². The van der Waals surface area contributed by atoms with Crippen LogP contribution in [0.4, 0.5) is 0 Å². The molecule has 1 N–H and O–H groups in total. The van der Waals surface area contributed by atoms with E-state index in [9.17, 15) is 5.11 Å². The zero-order valence-electron chi connectivity index (χ0n) is 14.7. The Kier molecular flexibility index (Phi) is 5.48. The van der Waals surface area contributed by atoms with E-state index in [0.717, 1.165) is 19.6 Å². The quantitative estimate of drug-likeness (QED) is 0.843. The maximum absolute atomic E-state index is 9.73. The molecule has 2 atom stereocenters. The highest BCUT2D eigenvalue weighted by atomic mass is 28.4. The van der Waals surface area contributed by atoms with Gasteiger partial charge in [-0.3, -0.25) is 4.90 Å². The van der Waals surface area contributed by atoms with Crippen LogP contribution in [0.25, 0.3) is 0 Å². The molecule has 22 heavy (non-hydrogen) atoms. The number of likely N-dealkylation sites (tertiary alicyclic amines) is 1. The fourth-order valence-electron chi connectivity index (χ4n) is 2.76. The highest BCUT2D eigenvalue weighted by Crippen LogP contribution is 2.39. The molecule has 0 amide bonds. The second kappa shape index (κ2) is 6.83. The normalized spacial score (nSPS) is 23.9. The summed E-state index contributed by atoms with van der Waals surface area (Å²) in [5, 5.41) is 9.94. The minimum Gasteiger partial charge on any atom is -0.412 e. The van der Waals surface area contributed by atoms with Crippen LogP contribution < -0.4 is 0 Å². The molecule has 1 saturated heterocycles. The van der Waals surface area contributed by atoms with Crippen LogP contribution in [0, 0.1) is 5.92 Å². The Morgan fingerprint density at radius 2 is 1.82 bits per heavy atom. The molecule has 2 rings (SSSR count). The topological polar surface area (TPSA) is 32.7 Å². The molecule has 0 aliphatic carbocycles. The Labute approximate surface area is 136 Å². The summed E-state index contributed by atoms with van der Waals surface area (Å²) < 4.78 is 6.57. The maximum atomic E-state index is 9.73. The molecule has 0 bridgehead atoms. The number of aliphatic hydroxyl groups is 1. The molecule has 0 unspecified atom stereocenters. The molecule has 4 heteroatoms. The van der Waals surface area contributed by atoms with E-state index in [1.165, 1.54) is 5.56 Å². The summed E-state index contributed by atoms with van der Waals surface area (Å²) in [6.45, 7) is 14.4. The van der Waals surface area contributed by atoms with Crippen LogP contribution in [0.2, 0.25) is 18.1 Å². The fourth-order valence-corrected chi connectivity index (χ4v) is 4.14. The lowest BCUT2D eigenvalue weighted by Crippen LogP contribution is -2.46. The molecule has 0 radical (unpaired) electrons. The van der Waals surface area contributed by atoms with Gasteiger partial charge in [-0.2, -0.15) is 0 Å². The summed E-state index contributed by atoms with van der Waals surface area (Å²) >= 11 is 0. The Morgan fingerprint density at radius 3 is 2.36 bits per heavy atom. The van der Waals surface area contributed by atoms with Crippen molar-refractivity contribution in [1.82, 2.24) is 4.90 Å². The highest BCUT2D eigenvalue weighted by Gasteiger charge is 2.43. The fraction of sp³-hybridized carbons (Fsp3) is 0.667. The number of benzene rings is 1. The lowest BCUT2D eigenvalue weighted by atomic mass is 10.1. The van der Waals surface area contributed by atoms with Crippen molar-refractivity contribution in [3.8, 4) is 0 Å². The van der Waals surface area contributed by atoms with Crippen LogP contribution in [-0.2, 0) is 11.0 Å². The first-order valence-electron chi connectivity index (χ1n) is 8.28. The van der Waals surface area contributed by atoms with Crippen molar-refractivity contribution in [2.24, 2.45) is 5.92 Å². The van der Waals surface area contributed by atoms with Crippen LogP contribution in [0.1, 0.15) is 26.3 Å². The van der Waals surface area contributed by atoms with E-state index in [1.807, 2.05) is 6.07 Å². The van der Waals surface area contributed by atoms with E-state index < -0.39 is 8.32 Å². The second-order valence-corrected chi connectivity index (χ2v) is 12.8. The van der Waals surface area contributed by atoms with Gasteiger partial charge in [0.1, 0.15) is 0 Å². The third-order valence-corrected chi connectivity index (χ3v) is 9.70. The van der Waals surface area contributed by atoms with Gasteiger partial charge in [0.2, 0.25) is 0 Å². The Hall–Kier alpha value is -0.683. The van der Waals surface area contributed by atoms with E-state index in [-0.39, 0.29) is 23.7 Å². The van der Waals surface area contributed by atoms with Gasteiger partial charge in [-0.15, -0.1) is 0 Å². The molecule has 1 fully saturated rings. The van der Waals surface area contributed by atoms with Gasteiger partial charge in [-0.25, -0.2) is 0 Å². The van der Waals surface area contributed by atoms with Crippen molar-refractivity contribution in [2.75, 3.05) is 19.7 Å². The molecule has 1 aliphatic heterocycles. The minimum absolute atomic E-state index is 0.162. The summed E-state index contributed by atoms with van der Waals surface area (Å²) in [6.07, 6.45) is 0.162. The standard InChI is InChI=1S/C18H31NO2Si/c1-18(2,3)22(4,5)21-17-13-19(12-16(17)14-20)11-15-9-7-6-8-10-15/h6-10,16-17,20H,11-14H2,1-5H3/t16-,17-/m0/s1. The van der Waals surface area contributed by atoms with E-state index in [4.69, 9.17) is 4.43 Å². The molecule has 1 aromatic carbocycles. The Bertz CT molecular complexity index is 470. The maximum Gasteiger partial charge on any atom is 0.192 e. The van der Waals surface area contributed by atoms with Crippen molar-refractivity contribution >= 4 is 8.32 Å². The first-order chi connectivity index (χ1) is 10.2. The zero-order chi connectivity index (χ0) is 16.4. The van der Waals surface area contributed by atoms with Gasteiger partial charge in [-0.05, 0) is 23.7 Å². The van der Waals surface area contributed by atoms with Crippen LogP contribution >= 0.6 is 0 Å². The predicted molar refractivity (Wildman–Crippen MR) is 94.4 cm³/mol. The lowest BCUT2D eigenvalue weighted by Gasteiger charge is -2.39. The van der Waals surface area contributed by atoms with E-state index >= 15 is 0 Å². The molecule has 3 nitrogen and oxygen atoms in total. The van der Waals surface area contributed by atoms with Crippen LogP contribution in [0.3, 0.4) is 0 Å². The van der Waals surface area contributed by atoms with Crippen molar-refractivity contribution in [3.63, 3.8) is 0 Å². The molecule has 0 aromatic heterocycles. The third kappa shape index (κ3) is 4.19. The molecule has 0 spiro atoms. The van der Waals surface area contributed by atoms with Gasteiger partial charge in [-0.1, -0.05) is 51.1 Å². The first kappa shape index (κ1) is 17.7. The summed E-state index contributed by atoms with van der Waals surface area (Å²) in [5.41, 5.74) is 1.33. The summed E-state index contributed by atoms with van der Waals surface area (Å²) in [4.78, 5) is 2.41. The van der Waals surface area contributed by atoms with Gasteiger partial charge in [0, 0.05) is 32.2 Å². The van der Waals surface area contributed by atoms with Gasteiger partial charge in [0.15, 0.2) is 8.32 Å². The van der Waals surface area contributed by atoms with Crippen molar-refractivity contribution < 1.29 is 9.53 Å². The Balaban J connectivity index is 2.01. The minimum atomic E-state index is -1.79. The van der Waals surface area contributed by atoms with Crippen LogP contribution in [0.5, 0.6) is 0 Å². The van der Waals surface area contributed by atoms with Gasteiger partial charge in [0.05, 0.1) is 6.10 Å². The van der Waals surface area contributed by atoms with E-state index in [0.29, 0.717) is 0 Å². The molecule has 1 heterocycles. The molecular formula is C18H31NO2Si. The predicted octanol–water partition coefficient (Wildman–Crippen LogP) is 3.50. The van der Waals surface area contributed by atoms with E-state index in [2.05, 4.69) is 63.0 Å². The second-order valence-electron chi connectivity index (χ2n) is 8.04. The molecule has 0 saturated carbocycles. The number of rotatable bonds is 5. The smallest absolute Gasteiger partial charge is 0.192 e. The monoisotopic (exact) mass is 321 g/mol. The van der Waals surface area contributed by atoms with Crippen molar-refractivity contribution in [3.05, 3.63) is 35.9 Å². The summed E-state index contributed by atoms with van der Waals surface area (Å²) in [6, 6.07) is 10.5. The molecular weight excluding hydrogens is 290 g/mol. The number of hydrogen-bond donors (Lipinski definition) is 1. The largest absolute Gasteiger partial charge is 0.412 e. The first-order valence-corrected chi connectivity index (χ1v) is 11.2. The number of aliphatic hydroxyl groups excluding tert-OH is 1. The number of hydrogen-bond acceptors (Lipinski definition) is 3. The number of nitrogens with zero attached hydrogens (tertiary/aromatic N) is 1. The van der Waals surface area contributed by atoms with Gasteiger partial charge >= 0.3 is 0 Å².